The van der Waals surface area contributed by atoms with Crippen molar-refractivity contribution in [2.75, 3.05) is 13.1 Å². The van der Waals surface area contributed by atoms with Gasteiger partial charge in [0.05, 0.1) is 6.07 Å². The Bertz CT molecular complexity index is 347. The molecule has 0 aromatic rings. The van der Waals surface area contributed by atoms with E-state index in [0.29, 0.717) is 19.5 Å². The van der Waals surface area contributed by atoms with Crippen molar-refractivity contribution >= 4 is 6.09 Å². The highest BCUT2D eigenvalue weighted by molar-refractivity contribution is 5.69. The van der Waals surface area contributed by atoms with Gasteiger partial charge in [0.15, 0.2) is 0 Å². The zero-order chi connectivity index (χ0) is 12.9. The van der Waals surface area contributed by atoms with E-state index in [4.69, 9.17) is 10.00 Å². The summed E-state index contributed by atoms with van der Waals surface area (Å²) in [5.74, 6) is 0. The van der Waals surface area contributed by atoms with E-state index >= 15 is 0 Å². The first kappa shape index (κ1) is 13.6. The molecule has 17 heavy (non-hydrogen) atoms. The minimum absolute atomic E-state index is 0.249. The van der Waals surface area contributed by atoms with Gasteiger partial charge in [-0.05, 0) is 33.6 Å². The lowest BCUT2D eigenvalue weighted by atomic mass is 10.2. The van der Waals surface area contributed by atoms with E-state index in [1.54, 1.807) is 4.90 Å². The number of rotatable bonds is 2. The normalized spacial score (nSPS) is 18.2. The van der Waals surface area contributed by atoms with E-state index in [1.165, 1.54) is 5.57 Å². The average molecular weight is 236 g/mol. The molecule has 1 aliphatic rings. The molecule has 1 amide bonds. The molecule has 0 aromatic heterocycles. The third-order valence-electron chi connectivity index (χ3n) is 2.44. The van der Waals surface area contributed by atoms with Crippen LogP contribution in [0.15, 0.2) is 11.6 Å². The maximum Gasteiger partial charge on any atom is 0.410 e. The van der Waals surface area contributed by atoms with Crippen molar-refractivity contribution < 1.29 is 9.53 Å². The maximum atomic E-state index is 11.8. The van der Waals surface area contributed by atoms with Crippen LogP contribution in [0.3, 0.4) is 0 Å². The third kappa shape index (κ3) is 4.90. The number of carbonyl (C=O) groups excluding carboxylic acids is 1. The standard InChI is InChI=1S/C13H20N2O2/c1-13(2,3)17-12(16)15-9-7-11(10-15)6-4-5-8-14/h6H,4-5,7,9-10H2,1-3H3/b11-6+. The van der Waals surface area contributed by atoms with Crippen molar-refractivity contribution in [3.63, 3.8) is 0 Å². The molecule has 1 rings (SSSR count). The van der Waals surface area contributed by atoms with Crippen LogP contribution in [-0.2, 0) is 4.74 Å². The SMILES string of the molecule is CC(C)(C)OC(=O)N1CC/C(=C\CCC#N)C1. The van der Waals surface area contributed by atoms with Crippen LogP contribution in [0.5, 0.6) is 0 Å². The van der Waals surface area contributed by atoms with E-state index < -0.39 is 5.60 Å². The molecule has 1 heterocycles. The zero-order valence-corrected chi connectivity index (χ0v) is 10.8. The number of ether oxygens (including phenoxy) is 1. The number of carbonyl (C=O) groups is 1. The number of likely N-dealkylation sites (tertiary alicyclic amines) is 1. The van der Waals surface area contributed by atoms with Gasteiger partial charge in [-0.15, -0.1) is 0 Å². The summed E-state index contributed by atoms with van der Waals surface area (Å²) >= 11 is 0. The van der Waals surface area contributed by atoms with Crippen LogP contribution in [0.1, 0.15) is 40.0 Å². The molecule has 0 unspecified atom stereocenters. The lowest BCUT2D eigenvalue weighted by Gasteiger charge is -2.23. The van der Waals surface area contributed by atoms with E-state index in [1.807, 2.05) is 20.8 Å². The summed E-state index contributed by atoms with van der Waals surface area (Å²) in [5.41, 5.74) is 0.788. The molecular formula is C13H20N2O2. The Morgan fingerprint density at radius 3 is 2.88 bits per heavy atom. The molecule has 1 aliphatic heterocycles. The Labute approximate surface area is 103 Å². The molecule has 0 radical (unpaired) electrons. The van der Waals surface area contributed by atoms with Crippen LogP contribution in [-0.4, -0.2) is 29.7 Å². The molecule has 0 aromatic carbocycles. The number of hydrogen-bond acceptors (Lipinski definition) is 3. The lowest BCUT2D eigenvalue weighted by molar-refractivity contribution is 0.0299. The summed E-state index contributed by atoms with van der Waals surface area (Å²) < 4.78 is 5.30. The fraction of sp³-hybridized carbons (Fsp3) is 0.692. The summed E-state index contributed by atoms with van der Waals surface area (Å²) in [5, 5.41) is 8.44. The molecule has 0 atom stereocenters. The van der Waals surface area contributed by atoms with Crippen molar-refractivity contribution in [1.82, 2.24) is 4.90 Å². The number of hydrogen-bond donors (Lipinski definition) is 0. The Morgan fingerprint density at radius 2 is 2.29 bits per heavy atom. The van der Waals surface area contributed by atoms with Crippen molar-refractivity contribution in [3.8, 4) is 6.07 Å². The predicted octanol–water partition coefficient (Wildman–Crippen LogP) is 2.86. The maximum absolute atomic E-state index is 11.8. The highest BCUT2D eigenvalue weighted by Crippen LogP contribution is 2.19. The Kier molecular flexibility index (Phi) is 4.56. The monoisotopic (exact) mass is 236 g/mol. The fourth-order valence-corrected chi connectivity index (χ4v) is 1.67. The second kappa shape index (κ2) is 5.72. The van der Waals surface area contributed by atoms with E-state index in [9.17, 15) is 4.79 Å². The average Bonchev–Trinajstić information content (AvgIpc) is 2.64. The summed E-state index contributed by atoms with van der Waals surface area (Å²) in [4.78, 5) is 13.5. The second-order valence-corrected chi connectivity index (χ2v) is 5.21. The highest BCUT2D eigenvalue weighted by atomic mass is 16.6. The van der Waals surface area contributed by atoms with Gasteiger partial charge in [-0.1, -0.05) is 11.6 Å². The van der Waals surface area contributed by atoms with E-state index in [2.05, 4.69) is 12.1 Å². The quantitative estimate of drug-likeness (QED) is 0.547. The smallest absolute Gasteiger partial charge is 0.410 e. The zero-order valence-electron chi connectivity index (χ0n) is 10.8. The largest absolute Gasteiger partial charge is 0.444 e. The number of nitrogens with zero attached hydrogens (tertiary/aromatic N) is 2. The van der Waals surface area contributed by atoms with Crippen molar-refractivity contribution in [2.24, 2.45) is 0 Å². The molecular weight excluding hydrogens is 216 g/mol. The first-order valence-electron chi connectivity index (χ1n) is 5.95. The minimum atomic E-state index is -0.440. The first-order valence-corrected chi connectivity index (χ1v) is 5.95. The van der Waals surface area contributed by atoms with Crippen LogP contribution >= 0.6 is 0 Å². The van der Waals surface area contributed by atoms with Gasteiger partial charge in [0, 0.05) is 19.5 Å². The molecule has 0 aliphatic carbocycles. The minimum Gasteiger partial charge on any atom is -0.444 e. The summed E-state index contributed by atoms with van der Waals surface area (Å²) in [6, 6.07) is 2.11. The second-order valence-electron chi connectivity index (χ2n) is 5.21. The lowest BCUT2D eigenvalue weighted by Crippen LogP contribution is -2.34. The van der Waals surface area contributed by atoms with Gasteiger partial charge in [0.25, 0.3) is 0 Å². The molecule has 0 saturated carbocycles. The fourth-order valence-electron chi connectivity index (χ4n) is 1.67. The van der Waals surface area contributed by atoms with Crippen LogP contribution in [0.25, 0.3) is 0 Å². The van der Waals surface area contributed by atoms with Crippen LogP contribution in [0, 0.1) is 11.3 Å². The topological polar surface area (TPSA) is 53.3 Å². The van der Waals surface area contributed by atoms with E-state index in [-0.39, 0.29) is 6.09 Å². The molecule has 0 spiro atoms. The molecule has 0 N–H and O–H groups in total. The van der Waals surface area contributed by atoms with Gasteiger partial charge in [0.2, 0.25) is 0 Å². The van der Waals surface area contributed by atoms with Crippen LogP contribution in [0.2, 0.25) is 0 Å². The third-order valence-corrected chi connectivity index (χ3v) is 2.44. The van der Waals surface area contributed by atoms with Gasteiger partial charge >= 0.3 is 6.09 Å². The molecule has 1 saturated heterocycles. The van der Waals surface area contributed by atoms with Crippen molar-refractivity contribution in [1.29, 1.82) is 5.26 Å². The molecule has 94 valence electrons. The van der Waals surface area contributed by atoms with Gasteiger partial charge in [-0.25, -0.2) is 4.79 Å². The van der Waals surface area contributed by atoms with Gasteiger partial charge in [-0.2, -0.15) is 5.26 Å². The molecule has 4 heteroatoms. The van der Waals surface area contributed by atoms with Gasteiger partial charge in [0.1, 0.15) is 5.60 Å². The molecule has 4 nitrogen and oxygen atoms in total. The van der Waals surface area contributed by atoms with Crippen LogP contribution < -0.4 is 0 Å². The summed E-state index contributed by atoms with van der Waals surface area (Å²) in [6.07, 6.45) is 4.02. The Balaban J connectivity index is 2.42. The highest BCUT2D eigenvalue weighted by Gasteiger charge is 2.26. The number of amides is 1. The number of allylic oxidation sites excluding steroid dienone is 1. The van der Waals surface area contributed by atoms with Gasteiger partial charge < -0.3 is 9.64 Å². The Hall–Kier alpha value is -1.50. The predicted molar refractivity (Wildman–Crippen MR) is 65.4 cm³/mol. The van der Waals surface area contributed by atoms with Crippen LogP contribution in [0.4, 0.5) is 4.79 Å². The molecule has 0 bridgehead atoms. The number of nitriles is 1. The number of unbranched alkanes of at least 4 members (excludes halogenated alkanes) is 1. The van der Waals surface area contributed by atoms with Crippen molar-refractivity contribution in [3.05, 3.63) is 11.6 Å². The summed E-state index contributed by atoms with van der Waals surface area (Å²) in [7, 11) is 0. The first-order chi connectivity index (χ1) is 7.92. The summed E-state index contributed by atoms with van der Waals surface area (Å²) in [6.45, 7) is 6.95. The van der Waals surface area contributed by atoms with Gasteiger partial charge in [-0.3, -0.25) is 0 Å². The molecule has 1 fully saturated rings. The van der Waals surface area contributed by atoms with Crippen molar-refractivity contribution in [2.45, 2.75) is 45.6 Å². The van der Waals surface area contributed by atoms with E-state index in [0.717, 1.165) is 12.8 Å². The Morgan fingerprint density at radius 1 is 1.59 bits per heavy atom.